The Hall–Kier alpha value is -4.51. The number of esters is 1. The summed E-state index contributed by atoms with van der Waals surface area (Å²) in [4.78, 5) is 13.0. The molecule has 1 aliphatic carbocycles. The smallest absolute Gasteiger partial charge is 0.314 e. The summed E-state index contributed by atoms with van der Waals surface area (Å²) >= 11 is 0. The maximum absolute atomic E-state index is 13.3. The van der Waals surface area contributed by atoms with Crippen LogP contribution in [0.3, 0.4) is 0 Å². The highest BCUT2D eigenvalue weighted by Crippen LogP contribution is 2.45. The number of nitriles is 1. The van der Waals surface area contributed by atoms with E-state index in [0.717, 1.165) is 36.8 Å². The number of nitrogens with zero attached hydrogens (tertiary/aromatic N) is 1. The summed E-state index contributed by atoms with van der Waals surface area (Å²) < 4.78 is 36.4. The van der Waals surface area contributed by atoms with E-state index in [4.69, 9.17) is 24.7 Å². The first-order valence-electron chi connectivity index (χ1n) is 14.9. The predicted octanol–water partition coefficient (Wildman–Crippen LogP) is 7.53. The summed E-state index contributed by atoms with van der Waals surface area (Å²) in [5.41, 5.74) is 8.75. The average molecular weight is 585 g/mol. The number of fused-ring (bicyclic) bond motifs is 1. The number of carbonyl (C=O) groups excluding carboxylic acids is 1. The molecule has 0 saturated heterocycles. The number of ether oxygens (including phenoxy) is 4. The Morgan fingerprint density at radius 1 is 1.05 bits per heavy atom. The maximum atomic E-state index is 13.3. The number of hydrogen-bond donors (Lipinski definition) is 1. The van der Waals surface area contributed by atoms with E-state index in [1.165, 1.54) is 38.5 Å². The van der Waals surface area contributed by atoms with Crippen molar-refractivity contribution in [2.75, 3.05) is 7.11 Å². The molecule has 3 aromatic carbocycles. The highest BCUT2D eigenvalue weighted by molar-refractivity contribution is 5.75. The molecule has 1 unspecified atom stereocenters. The fraction of sp³-hybridized carbons (Fsp3) is 0.371. The molecule has 3 aromatic rings. The van der Waals surface area contributed by atoms with Gasteiger partial charge in [-0.3, -0.25) is 4.79 Å². The molecular weight excluding hydrogens is 547 g/mol. The number of benzene rings is 3. The summed E-state index contributed by atoms with van der Waals surface area (Å²) in [6.07, 6.45) is 7.50. The van der Waals surface area contributed by atoms with Crippen molar-refractivity contribution < 1.29 is 28.1 Å². The third kappa shape index (κ3) is 6.94. The highest BCUT2D eigenvalue weighted by atomic mass is 19.1. The van der Waals surface area contributed by atoms with Crippen molar-refractivity contribution in [3.63, 3.8) is 0 Å². The first kappa shape index (κ1) is 30.0. The molecule has 1 atom stereocenters. The minimum absolute atomic E-state index is 0.00974. The number of allylic oxidation sites excluding steroid dienone is 1. The fourth-order valence-electron chi connectivity index (χ4n) is 5.95. The van der Waals surface area contributed by atoms with E-state index in [1.54, 1.807) is 42.5 Å². The molecule has 0 spiro atoms. The van der Waals surface area contributed by atoms with E-state index < -0.39 is 5.92 Å². The Morgan fingerprint density at radius 3 is 2.51 bits per heavy atom. The predicted molar refractivity (Wildman–Crippen MR) is 160 cm³/mol. The van der Waals surface area contributed by atoms with Crippen molar-refractivity contribution >= 4 is 5.97 Å². The van der Waals surface area contributed by atoms with Gasteiger partial charge in [-0.15, -0.1) is 0 Å². The number of rotatable bonds is 10. The van der Waals surface area contributed by atoms with Gasteiger partial charge in [0.1, 0.15) is 35.6 Å². The summed E-state index contributed by atoms with van der Waals surface area (Å²) in [6.45, 7) is 2.44. The van der Waals surface area contributed by atoms with Gasteiger partial charge < -0.3 is 24.7 Å². The summed E-state index contributed by atoms with van der Waals surface area (Å²) in [6, 6.07) is 18.9. The van der Waals surface area contributed by atoms with Crippen LogP contribution in [0.5, 0.6) is 23.0 Å². The van der Waals surface area contributed by atoms with E-state index in [9.17, 15) is 14.4 Å². The molecule has 8 heteroatoms. The van der Waals surface area contributed by atoms with Crippen LogP contribution in [0.15, 0.2) is 72.1 Å². The van der Waals surface area contributed by atoms with Gasteiger partial charge in [-0.25, -0.2) is 4.39 Å². The molecule has 0 amide bonds. The van der Waals surface area contributed by atoms with Crippen LogP contribution in [0.25, 0.3) is 0 Å². The van der Waals surface area contributed by atoms with Gasteiger partial charge in [0.05, 0.1) is 18.9 Å². The third-order valence-corrected chi connectivity index (χ3v) is 8.38. The second-order valence-corrected chi connectivity index (χ2v) is 11.2. The van der Waals surface area contributed by atoms with Crippen LogP contribution in [0, 0.1) is 29.0 Å². The quantitative estimate of drug-likeness (QED) is 0.194. The largest absolute Gasteiger partial charge is 0.493 e. The van der Waals surface area contributed by atoms with Gasteiger partial charge in [0, 0.05) is 11.6 Å². The van der Waals surface area contributed by atoms with E-state index in [2.05, 4.69) is 13.0 Å². The third-order valence-electron chi connectivity index (χ3n) is 8.38. The average Bonchev–Trinajstić information content (AvgIpc) is 3.03. The van der Waals surface area contributed by atoms with Crippen LogP contribution < -0.4 is 24.7 Å². The van der Waals surface area contributed by atoms with E-state index in [0.29, 0.717) is 34.5 Å². The topological polar surface area (TPSA) is 104 Å². The molecule has 1 saturated carbocycles. The monoisotopic (exact) mass is 584 g/mol. The minimum atomic E-state index is -0.531. The first-order valence-corrected chi connectivity index (χ1v) is 14.9. The molecule has 1 aliphatic heterocycles. The van der Waals surface area contributed by atoms with Crippen LogP contribution in [-0.2, 0) is 11.4 Å². The van der Waals surface area contributed by atoms with Gasteiger partial charge in [-0.2, -0.15) is 5.26 Å². The number of unbranched alkanes of at least 4 members (excludes halogenated alkanes) is 1. The second-order valence-electron chi connectivity index (χ2n) is 11.2. The number of hydrogen-bond acceptors (Lipinski definition) is 7. The summed E-state index contributed by atoms with van der Waals surface area (Å²) in [5.74, 6) is 1.30. The van der Waals surface area contributed by atoms with Crippen molar-refractivity contribution in [1.29, 1.82) is 5.26 Å². The molecular formula is C35H37FN2O5. The number of methoxy groups -OCH3 is 1. The lowest BCUT2D eigenvalue weighted by molar-refractivity contribution is -0.140. The van der Waals surface area contributed by atoms with Crippen LogP contribution in [-0.4, -0.2) is 13.1 Å². The fourth-order valence-corrected chi connectivity index (χ4v) is 5.95. The van der Waals surface area contributed by atoms with Gasteiger partial charge in [-0.05, 0) is 73.1 Å². The Bertz CT molecular complexity index is 1520. The Labute approximate surface area is 252 Å². The molecule has 0 radical (unpaired) electrons. The van der Waals surface area contributed by atoms with Crippen molar-refractivity contribution in [2.45, 2.75) is 64.4 Å². The minimum Gasteiger partial charge on any atom is -0.493 e. The lowest BCUT2D eigenvalue weighted by Gasteiger charge is -2.28. The SMILES string of the molecule is CCCCC1CCC(C(=O)Oc2ccc3c(c2)OC(N)=C(C#N)C3c2ccc(OCc3ccc(F)cc3)c(OC)c2)CC1. The Kier molecular flexibility index (Phi) is 9.51. The Morgan fingerprint density at radius 2 is 1.81 bits per heavy atom. The van der Waals surface area contributed by atoms with Gasteiger partial charge in [0.15, 0.2) is 11.5 Å². The number of halogens is 1. The van der Waals surface area contributed by atoms with Gasteiger partial charge in [-0.1, -0.05) is 50.5 Å². The second kappa shape index (κ2) is 13.6. The van der Waals surface area contributed by atoms with Crippen LogP contribution in [0.4, 0.5) is 4.39 Å². The molecule has 2 aliphatic rings. The van der Waals surface area contributed by atoms with Crippen LogP contribution in [0.2, 0.25) is 0 Å². The van der Waals surface area contributed by atoms with Gasteiger partial charge in [0.2, 0.25) is 5.88 Å². The van der Waals surface area contributed by atoms with Crippen LogP contribution >= 0.6 is 0 Å². The number of carbonyl (C=O) groups is 1. The highest BCUT2D eigenvalue weighted by Gasteiger charge is 2.33. The summed E-state index contributed by atoms with van der Waals surface area (Å²) in [7, 11) is 1.54. The lowest BCUT2D eigenvalue weighted by atomic mass is 9.80. The maximum Gasteiger partial charge on any atom is 0.314 e. The Balaban J connectivity index is 1.33. The molecule has 0 aromatic heterocycles. The molecule has 2 N–H and O–H groups in total. The zero-order chi connectivity index (χ0) is 30.3. The molecule has 7 nitrogen and oxygen atoms in total. The molecule has 43 heavy (non-hydrogen) atoms. The van der Waals surface area contributed by atoms with Crippen molar-refractivity contribution in [2.24, 2.45) is 17.6 Å². The molecule has 0 bridgehead atoms. The summed E-state index contributed by atoms with van der Waals surface area (Å²) in [5, 5.41) is 9.99. The lowest BCUT2D eigenvalue weighted by Crippen LogP contribution is -2.26. The molecule has 1 heterocycles. The molecule has 5 rings (SSSR count). The standard InChI is InChI=1S/C35H37FN2O5/c1-3-4-5-22-6-10-24(11-7-22)35(39)42-27-15-16-28-31(19-27)43-34(38)29(20-37)33(28)25-12-17-30(32(18-25)40-2)41-21-23-8-13-26(36)14-9-23/h8-9,12-19,22,24,33H,3-7,10-11,21,38H2,1-2H3. The molecule has 224 valence electrons. The first-order chi connectivity index (χ1) is 20.9. The normalized spacial score (nSPS) is 19.5. The van der Waals surface area contributed by atoms with E-state index >= 15 is 0 Å². The zero-order valence-corrected chi connectivity index (χ0v) is 24.6. The van der Waals surface area contributed by atoms with Crippen molar-refractivity contribution in [1.82, 2.24) is 0 Å². The molecule has 1 fully saturated rings. The van der Waals surface area contributed by atoms with Crippen molar-refractivity contribution in [3.05, 3.63) is 94.6 Å². The zero-order valence-electron chi connectivity index (χ0n) is 24.6. The van der Waals surface area contributed by atoms with Gasteiger partial charge in [0.25, 0.3) is 0 Å². The number of nitrogens with two attached hydrogens (primary N) is 1. The van der Waals surface area contributed by atoms with E-state index in [-0.39, 0.29) is 35.8 Å². The van der Waals surface area contributed by atoms with Gasteiger partial charge >= 0.3 is 5.97 Å². The van der Waals surface area contributed by atoms with Crippen molar-refractivity contribution in [3.8, 4) is 29.1 Å². The van der Waals surface area contributed by atoms with E-state index in [1.807, 2.05) is 6.07 Å². The van der Waals surface area contributed by atoms with Crippen LogP contribution in [0.1, 0.15) is 74.5 Å².